The summed E-state index contributed by atoms with van der Waals surface area (Å²) in [6.45, 7) is 3.50. The van der Waals surface area contributed by atoms with Gasteiger partial charge in [-0.2, -0.15) is 0 Å². The zero-order valence-electron chi connectivity index (χ0n) is 13.8. The van der Waals surface area contributed by atoms with E-state index in [9.17, 15) is 18.0 Å². The lowest BCUT2D eigenvalue weighted by Crippen LogP contribution is -2.29. The number of esters is 1. The van der Waals surface area contributed by atoms with E-state index in [4.69, 9.17) is 4.74 Å². The predicted octanol–water partition coefficient (Wildman–Crippen LogP) is 4.49. The van der Waals surface area contributed by atoms with Crippen LogP contribution in [0.1, 0.15) is 35.3 Å². The molecule has 0 fully saturated rings. The Balaban J connectivity index is 2.24. The number of hydrogen-bond donors (Lipinski definition) is 0. The van der Waals surface area contributed by atoms with Gasteiger partial charge in [0.15, 0.2) is 11.6 Å². The highest BCUT2D eigenvalue weighted by molar-refractivity contribution is 5.93. The fourth-order valence-corrected chi connectivity index (χ4v) is 2.76. The summed E-state index contributed by atoms with van der Waals surface area (Å²) in [7, 11) is 1.24. The van der Waals surface area contributed by atoms with Gasteiger partial charge in [0.2, 0.25) is 0 Å². The molecule has 0 aromatic heterocycles. The fourth-order valence-electron chi connectivity index (χ4n) is 2.76. The lowest BCUT2D eigenvalue weighted by Gasteiger charge is -2.31. The average molecular weight is 348 g/mol. The highest BCUT2D eigenvalue weighted by Gasteiger charge is 2.29. The van der Waals surface area contributed by atoms with Crippen molar-refractivity contribution < 1.29 is 27.4 Å². The molecular weight excluding hydrogens is 333 g/mol. The highest BCUT2D eigenvalue weighted by atomic mass is 19.2. The quantitative estimate of drug-likeness (QED) is 0.592. The Labute approximate surface area is 142 Å². The van der Waals surface area contributed by atoms with Gasteiger partial charge in [-0.15, -0.1) is 0 Å². The summed E-state index contributed by atoms with van der Waals surface area (Å²) in [6, 6.07) is 5.85. The van der Waals surface area contributed by atoms with Gasteiger partial charge in [0.1, 0.15) is 17.2 Å². The van der Waals surface area contributed by atoms with Crippen molar-refractivity contribution in [2.75, 3.05) is 7.11 Å². The SMILES string of the molecule is COC(=O)c1ccc2c(c1)C(c1cc(F)c(F)cc1F)=CC(C)(C)O2. The van der Waals surface area contributed by atoms with Crippen LogP contribution in [0.25, 0.3) is 5.57 Å². The van der Waals surface area contributed by atoms with E-state index in [0.717, 1.165) is 6.07 Å². The van der Waals surface area contributed by atoms with Gasteiger partial charge < -0.3 is 9.47 Å². The smallest absolute Gasteiger partial charge is 0.337 e. The molecule has 0 unspecified atom stereocenters. The first-order valence-electron chi connectivity index (χ1n) is 7.51. The largest absolute Gasteiger partial charge is 0.483 e. The summed E-state index contributed by atoms with van der Waals surface area (Å²) in [5.74, 6) is -3.50. The summed E-state index contributed by atoms with van der Waals surface area (Å²) in [6.07, 6.45) is 1.60. The number of ether oxygens (including phenoxy) is 2. The summed E-state index contributed by atoms with van der Waals surface area (Å²) in [4.78, 5) is 11.8. The molecule has 0 amide bonds. The van der Waals surface area contributed by atoms with Crippen LogP contribution in [-0.2, 0) is 4.74 Å². The van der Waals surface area contributed by atoms with E-state index >= 15 is 0 Å². The molecule has 0 saturated carbocycles. The van der Waals surface area contributed by atoms with Crippen molar-refractivity contribution in [3.05, 3.63) is 70.5 Å². The van der Waals surface area contributed by atoms with E-state index in [1.54, 1.807) is 26.0 Å². The molecule has 1 heterocycles. The molecule has 2 aromatic rings. The van der Waals surface area contributed by atoms with Crippen molar-refractivity contribution in [2.45, 2.75) is 19.4 Å². The predicted molar refractivity (Wildman–Crippen MR) is 85.9 cm³/mol. The Morgan fingerprint density at radius 1 is 1.00 bits per heavy atom. The van der Waals surface area contributed by atoms with E-state index in [-0.39, 0.29) is 11.1 Å². The molecule has 0 atom stereocenters. The standard InChI is InChI=1S/C19H15F3O3/c1-19(2)9-13(11-7-15(21)16(22)8-14(11)20)12-6-10(18(23)24-3)4-5-17(12)25-19/h4-9H,1-3H3. The third-order valence-corrected chi connectivity index (χ3v) is 3.86. The van der Waals surface area contributed by atoms with Crippen LogP contribution in [0.15, 0.2) is 36.4 Å². The molecule has 3 nitrogen and oxygen atoms in total. The number of rotatable bonds is 2. The van der Waals surface area contributed by atoms with Gasteiger partial charge in [-0.3, -0.25) is 0 Å². The molecular formula is C19H15F3O3. The van der Waals surface area contributed by atoms with Gasteiger partial charge >= 0.3 is 5.97 Å². The van der Waals surface area contributed by atoms with Crippen LogP contribution in [0.4, 0.5) is 13.2 Å². The number of benzene rings is 2. The van der Waals surface area contributed by atoms with Crippen LogP contribution in [-0.4, -0.2) is 18.7 Å². The molecule has 130 valence electrons. The van der Waals surface area contributed by atoms with Crippen LogP contribution in [0.5, 0.6) is 5.75 Å². The first kappa shape index (κ1) is 17.1. The second kappa shape index (κ2) is 5.95. The Kier molecular flexibility index (Phi) is 4.06. The van der Waals surface area contributed by atoms with Gasteiger partial charge in [-0.05, 0) is 49.8 Å². The molecule has 2 aromatic carbocycles. The molecule has 3 rings (SSSR count). The molecule has 0 N–H and O–H groups in total. The first-order chi connectivity index (χ1) is 11.7. The summed E-state index contributed by atoms with van der Waals surface area (Å²) in [5.41, 5.74) is 0.0319. The van der Waals surface area contributed by atoms with Crippen molar-refractivity contribution in [3.63, 3.8) is 0 Å². The van der Waals surface area contributed by atoms with Crippen LogP contribution < -0.4 is 4.74 Å². The number of methoxy groups -OCH3 is 1. The molecule has 0 spiro atoms. The lowest BCUT2D eigenvalue weighted by atomic mass is 9.88. The average Bonchev–Trinajstić information content (AvgIpc) is 2.55. The first-order valence-corrected chi connectivity index (χ1v) is 7.51. The maximum atomic E-state index is 14.3. The van der Waals surface area contributed by atoms with Gasteiger partial charge in [0, 0.05) is 17.2 Å². The monoisotopic (exact) mass is 348 g/mol. The third-order valence-electron chi connectivity index (χ3n) is 3.86. The number of fused-ring (bicyclic) bond motifs is 1. The summed E-state index contributed by atoms with van der Waals surface area (Å²) >= 11 is 0. The Morgan fingerprint density at radius 3 is 2.36 bits per heavy atom. The van der Waals surface area contributed by atoms with E-state index in [1.807, 2.05) is 0 Å². The maximum Gasteiger partial charge on any atom is 0.337 e. The Bertz CT molecular complexity index is 901. The second-order valence-electron chi connectivity index (χ2n) is 6.21. The Hall–Kier alpha value is -2.76. The highest BCUT2D eigenvalue weighted by Crippen LogP contribution is 2.41. The van der Waals surface area contributed by atoms with E-state index < -0.39 is 29.0 Å². The maximum absolute atomic E-state index is 14.3. The third kappa shape index (κ3) is 3.12. The molecule has 1 aliphatic heterocycles. The molecule has 1 aliphatic rings. The van der Waals surface area contributed by atoms with E-state index in [2.05, 4.69) is 4.74 Å². The number of halogens is 3. The molecule has 6 heteroatoms. The number of carbonyl (C=O) groups excluding carboxylic acids is 1. The Morgan fingerprint density at radius 2 is 1.68 bits per heavy atom. The zero-order valence-corrected chi connectivity index (χ0v) is 13.8. The molecule has 0 aliphatic carbocycles. The molecule has 0 saturated heterocycles. The number of carbonyl (C=O) groups is 1. The number of hydrogen-bond acceptors (Lipinski definition) is 3. The molecule has 25 heavy (non-hydrogen) atoms. The van der Waals surface area contributed by atoms with E-state index in [0.29, 0.717) is 23.0 Å². The summed E-state index contributed by atoms with van der Waals surface area (Å²) in [5, 5.41) is 0. The van der Waals surface area contributed by atoms with Crippen molar-refractivity contribution in [3.8, 4) is 5.75 Å². The van der Waals surface area contributed by atoms with Crippen molar-refractivity contribution in [2.24, 2.45) is 0 Å². The zero-order chi connectivity index (χ0) is 18.4. The van der Waals surface area contributed by atoms with Crippen LogP contribution in [0.3, 0.4) is 0 Å². The van der Waals surface area contributed by atoms with Crippen molar-refractivity contribution in [1.82, 2.24) is 0 Å². The van der Waals surface area contributed by atoms with Gasteiger partial charge in [0.25, 0.3) is 0 Å². The van der Waals surface area contributed by atoms with Crippen molar-refractivity contribution >= 4 is 11.5 Å². The minimum absolute atomic E-state index is 0.112. The van der Waals surface area contributed by atoms with Crippen LogP contribution in [0, 0.1) is 17.5 Å². The lowest BCUT2D eigenvalue weighted by molar-refractivity contribution is 0.0600. The minimum Gasteiger partial charge on any atom is -0.483 e. The normalized spacial score (nSPS) is 15.0. The molecule has 0 bridgehead atoms. The topological polar surface area (TPSA) is 35.5 Å². The van der Waals surface area contributed by atoms with Gasteiger partial charge in [0.05, 0.1) is 12.7 Å². The fraction of sp³-hybridized carbons (Fsp3) is 0.211. The second-order valence-corrected chi connectivity index (χ2v) is 6.21. The van der Waals surface area contributed by atoms with Gasteiger partial charge in [-0.1, -0.05) is 0 Å². The van der Waals surface area contributed by atoms with Crippen LogP contribution >= 0.6 is 0 Å². The van der Waals surface area contributed by atoms with Gasteiger partial charge in [-0.25, -0.2) is 18.0 Å². The van der Waals surface area contributed by atoms with Crippen molar-refractivity contribution in [1.29, 1.82) is 0 Å². The van der Waals surface area contributed by atoms with E-state index in [1.165, 1.54) is 19.2 Å². The molecule has 0 radical (unpaired) electrons. The van der Waals surface area contributed by atoms with Crippen LogP contribution in [0.2, 0.25) is 0 Å². The summed E-state index contributed by atoms with van der Waals surface area (Å²) < 4.78 is 51.7. The minimum atomic E-state index is -1.27.